The third kappa shape index (κ3) is 2.64. The first-order valence-corrected chi connectivity index (χ1v) is 11.1. The van der Waals surface area contributed by atoms with Crippen LogP contribution in [-0.4, -0.2) is 36.7 Å². The molecule has 1 amide bonds. The van der Waals surface area contributed by atoms with Crippen LogP contribution in [0.4, 0.5) is 0 Å². The molecule has 1 fully saturated rings. The van der Waals surface area contributed by atoms with Crippen molar-refractivity contribution in [2.75, 3.05) is 19.8 Å². The second-order valence-corrected chi connectivity index (χ2v) is 9.13. The lowest BCUT2D eigenvalue weighted by Gasteiger charge is -2.47. The summed E-state index contributed by atoms with van der Waals surface area (Å²) in [6.45, 7) is 4.06. The molecule has 3 heterocycles. The minimum atomic E-state index is -0.429. The van der Waals surface area contributed by atoms with Crippen LogP contribution in [0.1, 0.15) is 55.3 Å². The van der Waals surface area contributed by atoms with Crippen molar-refractivity contribution in [1.82, 2.24) is 4.90 Å². The van der Waals surface area contributed by atoms with Gasteiger partial charge in [-0.2, -0.15) is 0 Å². The number of para-hydroxylation sites is 1. The molecule has 3 aliphatic heterocycles. The van der Waals surface area contributed by atoms with Gasteiger partial charge in [-0.3, -0.25) is 4.79 Å². The van der Waals surface area contributed by atoms with Gasteiger partial charge in [0, 0.05) is 18.4 Å². The van der Waals surface area contributed by atoms with Gasteiger partial charge in [0.15, 0.2) is 17.6 Å². The predicted molar refractivity (Wildman–Crippen MR) is 112 cm³/mol. The summed E-state index contributed by atoms with van der Waals surface area (Å²) < 4.78 is 17.8. The summed E-state index contributed by atoms with van der Waals surface area (Å²) >= 11 is 0. The zero-order valence-electron chi connectivity index (χ0n) is 17.4. The van der Waals surface area contributed by atoms with Crippen LogP contribution in [0.3, 0.4) is 0 Å². The highest BCUT2D eigenvalue weighted by Crippen LogP contribution is 2.52. The van der Waals surface area contributed by atoms with Crippen molar-refractivity contribution in [3.63, 3.8) is 0 Å². The lowest BCUT2D eigenvalue weighted by molar-refractivity contribution is -0.142. The maximum atomic E-state index is 13.7. The number of carbonyl (C=O) groups excluding carboxylic acids is 1. The van der Waals surface area contributed by atoms with Crippen LogP contribution < -0.4 is 14.2 Å². The quantitative estimate of drug-likeness (QED) is 0.714. The number of hydrogen-bond acceptors (Lipinski definition) is 4. The lowest BCUT2D eigenvalue weighted by atomic mass is 9.71. The average Bonchev–Trinajstić information content (AvgIpc) is 3.42. The van der Waals surface area contributed by atoms with Gasteiger partial charge in [0.1, 0.15) is 19.0 Å². The van der Waals surface area contributed by atoms with Gasteiger partial charge in [-0.05, 0) is 54.7 Å². The molecule has 0 bridgehead atoms. The van der Waals surface area contributed by atoms with Crippen molar-refractivity contribution in [2.45, 2.75) is 56.6 Å². The smallest absolute Gasteiger partial charge is 0.264 e. The third-order valence-corrected chi connectivity index (χ3v) is 7.44. The van der Waals surface area contributed by atoms with E-state index >= 15 is 0 Å². The maximum Gasteiger partial charge on any atom is 0.264 e. The number of ether oxygens (including phenoxy) is 3. The first-order valence-electron chi connectivity index (χ1n) is 11.1. The number of hydrogen-bond donors (Lipinski definition) is 0. The molecule has 1 spiro atoms. The van der Waals surface area contributed by atoms with Crippen molar-refractivity contribution >= 4 is 5.91 Å². The maximum absolute atomic E-state index is 13.7. The van der Waals surface area contributed by atoms with E-state index in [-0.39, 0.29) is 17.4 Å². The molecule has 2 aromatic carbocycles. The number of rotatable bonds is 1. The minimum Gasteiger partial charge on any atom is -0.486 e. The summed E-state index contributed by atoms with van der Waals surface area (Å²) in [5.74, 6) is 2.60. The van der Waals surface area contributed by atoms with E-state index in [1.165, 1.54) is 24.0 Å². The van der Waals surface area contributed by atoms with Gasteiger partial charge < -0.3 is 19.1 Å². The molecule has 0 radical (unpaired) electrons. The van der Waals surface area contributed by atoms with Gasteiger partial charge in [-0.1, -0.05) is 31.0 Å². The summed E-state index contributed by atoms with van der Waals surface area (Å²) in [5.41, 5.74) is 3.70. The number of carbonyl (C=O) groups is 1. The Morgan fingerprint density at radius 3 is 2.53 bits per heavy atom. The summed E-state index contributed by atoms with van der Waals surface area (Å²) in [7, 11) is 0. The average molecular weight is 405 g/mol. The summed E-state index contributed by atoms with van der Waals surface area (Å²) in [6, 6.07) is 12.3. The van der Waals surface area contributed by atoms with Crippen LogP contribution in [0.15, 0.2) is 36.4 Å². The summed E-state index contributed by atoms with van der Waals surface area (Å²) in [6.07, 6.45) is 4.86. The Kier molecular flexibility index (Phi) is 4.02. The summed E-state index contributed by atoms with van der Waals surface area (Å²) in [4.78, 5) is 15.7. The Balaban J connectivity index is 1.37. The lowest BCUT2D eigenvalue weighted by Crippen LogP contribution is -2.52. The molecule has 5 heteroatoms. The fourth-order valence-electron chi connectivity index (χ4n) is 5.88. The number of nitrogens with zero attached hydrogens (tertiary/aromatic N) is 1. The standard InChI is InChI=1S/C25H27NO4/c1-16-18-13-21-22(29-11-10-28-21)14-19(18)25(8-4-5-9-25)15-26(16)24(27)23-12-17-6-2-3-7-20(17)30-23/h2-3,6-7,13-14,16,23H,4-5,8-12,15H2,1H3. The number of amides is 1. The van der Waals surface area contributed by atoms with Crippen LogP contribution in [0.25, 0.3) is 0 Å². The molecule has 30 heavy (non-hydrogen) atoms. The Morgan fingerprint density at radius 1 is 1.03 bits per heavy atom. The fraction of sp³-hybridized carbons (Fsp3) is 0.480. The predicted octanol–water partition coefficient (Wildman–Crippen LogP) is 4.18. The van der Waals surface area contributed by atoms with Crippen LogP contribution in [0.5, 0.6) is 17.2 Å². The van der Waals surface area contributed by atoms with Crippen molar-refractivity contribution < 1.29 is 19.0 Å². The van der Waals surface area contributed by atoms with E-state index in [9.17, 15) is 4.79 Å². The molecule has 6 rings (SSSR count). The Hall–Kier alpha value is -2.69. The number of fused-ring (bicyclic) bond motifs is 4. The zero-order valence-corrected chi connectivity index (χ0v) is 17.4. The van der Waals surface area contributed by atoms with Crippen molar-refractivity contribution in [1.29, 1.82) is 0 Å². The molecule has 2 atom stereocenters. The van der Waals surface area contributed by atoms with Crippen molar-refractivity contribution in [3.05, 3.63) is 53.1 Å². The van der Waals surface area contributed by atoms with Crippen LogP contribution in [0.2, 0.25) is 0 Å². The van der Waals surface area contributed by atoms with E-state index in [2.05, 4.69) is 30.0 Å². The highest BCUT2D eigenvalue weighted by molar-refractivity contribution is 5.84. The second kappa shape index (κ2) is 6.66. The largest absolute Gasteiger partial charge is 0.486 e. The normalized spacial score (nSPS) is 25.6. The monoisotopic (exact) mass is 405 g/mol. The molecule has 2 aromatic rings. The molecule has 5 nitrogen and oxygen atoms in total. The van der Waals surface area contributed by atoms with Gasteiger partial charge >= 0.3 is 0 Å². The Bertz CT molecular complexity index is 985. The molecule has 1 aliphatic carbocycles. The molecule has 0 N–H and O–H groups in total. The topological polar surface area (TPSA) is 48.0 Å². The molecule has 0 saturated heterocycles. The van der Waals surface area contributed by atoms with Crippen LogP contribution >= 0.6 is 0 Å². The fourth-order valence-corrected chi connectivity index (χ4v) is 5.88. The van der Waals surface area contributed by atoms with Gasteiger partial charge in [0.2, 0.25) is 0 Å². The molecule has 156 valence electrons. The SMILES string of the molecule is CC1c2cc3c(cc2C2(CCCC2)CN1C(=O)C1Cc2ccccc2O1)OCCO3. The highest BCUT2D eigenvalue weighted by atomic mass is 16.6. The van der Waals surface area contributed by atoms with Gasteiger partial charge in [0.25, 0.3) is 5.91 Å². The van der Waals surface area contributed by atoms with E-state index < -0.39 is 6.10 Å². The van der Waals surface area contributed by atoms with Gasteiger partial charge in [0.05, 0.1) is 6.04 Å². The second-order valence-electron chi connectivity index (χ2n) is 9.13. The first kappa shape index (κ1) is 18.1. The minimum absolute atomic E-state index is 0.0122. The molecule has 0 aromatic heterocycles. The van der Waals surface area contributed by atoms with E-state index in [0.29, 0.717) is 19.6 Å². The van der Waals surface area contributed by atoms with E-state index in [1.807, 2.05) is 18.2 Å². The van der Waals surface area contributed by atoms with E-state index in [1.54, 1.807) is 0 Å². The highest BCUT2D eigenvalue weighted by Gasteiger charge is 2.48. The Morgan fingerprint density at radius 2 is 1.77 bits per heavy atom. The molecular weight excluding hydrogens is 378 g/mol. The third-order valence-electron chi connectivity index (χ3n) is 7.44. The number of benzene rings is 2. The van der Waals surface area contributed by atoms with Crippen molar-refractivity contribution in [2.24, 2.45) is 0 Å². The molecule has 1 saturated carbocycles. The zero-order chi connectivity index (χ0) is 20.3. The van der Waals surface area contributed by atoms with E-state index in [4.69, 9.17) is 14.2 Å². The Labute approximate surface area is 176 Å². The first-order chi connectivity index (χ1) is 14.6. The van der Waals surface area contributed by atoms with Crippen LogP contribution in [-0.2, 0) is 16.6 Å². The molecular formula is C25H27NO4. The summed E-state index contributed by atoms with van der Waals surface area (Å²) in [5, 5.41) is 0. The van der Waals surface area contributed by atoms with Gasteiger partial charge in [-0.25, -0.2) is 0 Å². The molecule has 2 unspecified atom stereocenters. The van der Waals surface area contributed by atoms with Crippen molar-refractivity contribution in [3.8, 4) is 17.2 Å². The molecule has 4 aliphatic rings. The van der Waals surface area contributed by atoms with E-state index in [0.717, 1.165) is 42.2 Å². The van der Waals surface area contributed by atoms with Gasteiger partial charge in [-0.15, -0.1) is 0 Å². The van der Waals surface area contributed by atoms with Crippen LogP contribution in [0, 0.1) is 0 Å².